The van der Waals surface area contributed by atoms with E-state index in [1.165, 1.54) is 4.90 Å². The van der Waals surface area contributed by atoms with Crippen LogP contribution in [0.3, 0.4) is 0 Å². The molecule has 2 rings (SSSR count). The number of piperazine rings is 1. The minimum Gasteiger partial charge on any atom is -0.480 e. The number of anilines is 1. The van der Waals surface area contributed by atoms with Gasteiger partial charge in [0.05, 0.1) is 13.1 Å². The second-order valence-electron chi connectivity index (χ2n) is 4.69. The predicted octanol–water partition coefficient (Wildman–Crippen LogP) is 1.49. The number of likely N-dealkylation sites (N-methyl/N-ethyl adjacent to an activating group) is 1. The van der Waals surface area contributed by atoms with Crippen molar-refractivity contribution in [3.8, 4) is 0 Å². The number of amides is 1. The van der Waals surface area contributed by atoms with Crippen molar-refractivity contribution in [1.29, 1.82) is 0 Å². The molecule has 1 aliphatic heterocycles. The van der Waals surface area contributed by atoms with Gasteiger partial charge in [0, 0.05) is 17.2 Å². The quantitative estimate of drug-likeness (QED) is 0.894. The molecule has 1 N–H and O–H groups in total. The summed E-state index contributed by atoms with van der Waals surface area (Å²) in [6.45, 7) is 2.24. The molecule has 1 aromatic rings. The zero-order valence-electron chi connectivity index (χ0n) is 10.8. The number of nitrogens with zero attached hydrogens (tertiary/aromatic N) is 2. The molecule has 1 fully saturated rings. The minimum atomic E-state index is -0.920. The number of carboxylic acids is 1. The molecule has 1 atom stereocenters. The maximum absolute atomic E-state index is 11.8. The summed E-state index contributed by atoms with van der Waals surface area (Å²) in [5.41, 5.74) is 1.81. The Kier molecular flexibility index (Phi) is 3.80. The van der Waals surface area contributed by atoms with Crippen LogP contribution in [-0.2, 0) is 9.59 Å². The summed E-state index contributed by atoms with van der Waals surface area (Å²) < 4.78 is 0.903. The van der Waals surface area contributed by atoms with Gasteiger partial charge in [-0.1, -0.05) is 22.0 Å². The maximum Gasteiger partial charge on any atom is 0.328 e. The van der Waals surface area contributed by atoms with Gasteiger partial charge in [0.2, 0.25) is 5.91 Å². The van der Waals surface area contributed by atoms with E-state index >= 15 is 0 Å². The van der Waals surface area contributed by atoms with Crippen molar-refractivity contribution < 1.29 is 14.7 Å². The first-order chi connectivity index (χ1) is 8.90. The third-order valence-corrected chi connectivity index (χ3v) is 4.18. The Balaban J connectivity index is 2.36. The van der Waals surface area contributed by atoms with Crippen LogP contribution in [0.15, 0.2) is 22.7 Å². The van der Waals surface area contributed by atoms with Crippen LogP contribution in [-0.4, -0.2) is 48.1 Å². The van der Waals surface area contributed by atoms with Crippen LogP contribution in [0, 0.1) is 6.92 Å². The fourth-order valence-corrected chi connectivity index (χ4v) is 2.45. The van der Waals surface area contributed by atoms with Gasteiger partial charge in [0.15, 0.2) is 0 Å². The summed E-state index contributed by atoms with van der Waals surface area (Å²) in [4.78, 5) is 26.2. The molecule has 1 saturated heterocycles. The minimum absolute atomic E-state index is 0.0748. The number of hydrogen-bond donors (Lipinski definition) is 1. The molecule has 0 spiro atoms. The van der Waals surface area contributed by atoms with Crippen molar-refractivity contribution in [2.75, 3.05) is 25.0 Å². The average molecular weight is 327 g/mol. The first-order valence-corrected chi connectivity index (χ1v) is 6.69. The van der Waals surface area contributed by atoms with Crippen LogP contribution in [0.2, 0.25) is 0 Å². The molecule has 0 bridgehead atoms. The maximum atomic E-state index is 11.8. The van der Waals surface area contributed by atoms with Crippen molar-refractivity contribution in [3.05, 3.63) is 28.2 Å². The van der Waals surface area contributed by atoms with Gasteiger partial charge in [0.25, 0.3) is 0 Å². The summed E-state index contributed by atoms with van der Waals surface area (Å²) in [6.07, 6.45) is 0. The lowest BCUT2D eigenvalue weighted by molar-refractivity contribution is -0.141. The van der Waals surface area contributed by atoms with Gasteiger partial charge in [-0.25, -0.2) is 4.79 Å². The highest BCUT2D eigenvalue weighted by Crippen LogP contribution is 2.26. The number of hydrogen-bond acceptors (Lipinski definition) is 3. The summed E-state index contributed by atoms with van der Waals surface area (Å²) in [6, 6.07) is 4.89. The van der Waals surface area contributed by atoms with Crippen molar-refractivity contribution >= 4 is 33.5 Å². The molecule has 1 aliphatic rings. The van der Waals surface area contributed by atoms with E-state index in [9.17, 15) is 14.7 Å². The second kappa shape index (κ2) is 5.21. The molecule has 6 heteroatoms. The van der Waals surface area contributed by atoms with Crippen molar-refractivity contribution in [3.63, 3.8) is 0 Å². The highest BCUT2D eigenvalue weighted by atomic mass is 79.9. The van der Waals surface area contributed by atoms with Gasteiger partial charge >= 0.3 is 5.97 Å². The fraction of sp³-hybridized carbons (Fsp3) is 0.385. The number of carbonyl (C=O) groups is 2. The normalized spacial score (nSPS) is 19.7. The summed E-state index contributed by atoms with van der Waals surface area (Å²) >= 11 is 3.43. The molecule has 1 unspecified atom stereocenters. The van der Waals surface area contributed by atoms with Crippen LogP contribution >= 0.6 is 15.9 Å². The summed E-state index contributed by atoms with van der Waals surface area (Å²) in [7, 11) is 1.63. The van der Waals surface area contributed by atoms with Crippen LogP contribution in [0.1, 0.15) is 5.56 Å². The Morgan fingerprint density at radius 2 is 2.16 bits per heavy atom. The van der Waals surface area contributed by atoms with Crippen LogP contribution in [0.4, 0.5) is 5.69 Å². The third kappa shape index (κ3) is 2.73. The fourth-order valence-electron chi connectivity index (χ4n) is 2.08. The average Bonchev–Trinajstić information content (AvgIpc) is 2.35. The summed E-state index contributed by atoms with van der Waals surface area (Å²) in [5.74, 6) is -0.995. The van der Waals surface area contributed by atoms with Gasteiger partial charge in [-0.15, -0.1) is 0 Å². The molecule has 1 aromatic carbocycles. The Hall–Kier alpha value is -1.56. The summed E-state index contributed by atoms with van der Waals surface area (Å²) in [5, 5.41) is 9.31. The molecule has 0 aliphatic carbocycles. The zero-order valence-corrected chi connectivity index (χ0v) is 12.3. The number of aryl methyl sites for hydroxylation is 1. The standard InChI is InChI=1S/C13H15BrN2O3/c1-8-3-4-9(5-10(8)14)16-7-12(17)15(2)6-11(16)13(18)19/h3-5,11H,6-7H2,1-2H3,(H,18,19). The van der Waals surface area contributed by atoms with E-state index < -0.39 is 12.0 Å². The largest absolute Gasteiger partial charge is 0.480 e. The lowest BCUT2D eigenvalue weighted by Crippen LogP contribution is -2.58. The van der Waals surface area contributed by atoms with Gasteiger partial charge in [0.1, 0.15) is 6.04 Å². The number of rotatable bonds is 2. The highest BCUT2D eigenvalue weighted by molar-refractivity contribution is 9.10. The SMILES string of the molecule is Cc1ccc(N2CC(=O)N(C)CC2C(=O)O)cc1Br. The van der Waals surface area contributed by atoms with Crippen molar-refractivity contribution in [2.45, 2.75) is 13.0 Å². The Labute approximate surface area is 119 Å². The molecule has 19 heavy (non-hydrogen) atoms. The van der Waals surface area contributed by atoms with E-state index in [0.717, 1.165) is 15.7 Å². The molecule has 0 aromatic heterocycles. The molecule has 102 valence electrons. The molecule has 1 amide bonds. The topological polar surface area (TPSA) is 60.9 Å². The van der Waals surface area contributed by atoms with Crippen molar-refractivity contribution in [2.24, 2.45) is 0 Å². The third-order valence-electron chi connectivity index (χ3n) is 3.33. The number of halogens is 1. The van der Waals surface area contributed by atoms with E-state index in [-0.39, 0.29) is 19.0 Å². The molecular formula is C13H15BrN2O3. The monoisotopic (exact) mass is 326 g/mol. The van der Waals surface area contributed by atoms with Crippen LogP contribution < -0.4 is 4.90 Å². The lowest BCUT2D eigenvalue weighted by atomic mass is 10.1. The first kappa shape index (κ1) is 13.9. The lowest BCUT2D eigenvalue weighted by Gasteiger charge is -2.38. The van der Waals surface area contributed by atoms with Crippen LogP contribution in [0.25, 0.3) is 0 Å². The number of benzene rings is 1. The molecule has 1 heterocycles. The predicted molar refractivity (Wildman–Crippen MR) is 75.3 cm³/mol. The number of carbonyl (C=O) groups excluding carboxylic acids is 1. The van der Waals surface area contributed by atoms with Gasteiger partial charge in [-0.05, 0) is 24.6 Å². The Morgan fingerprint density at radius 3 is 2.74 bits per heavy atom. The van der Waals surface area contributed by atoms with Gasteiger partial charge < -0.3 is 14.9 Å². The molecule has 0 saturated carbocycles. The highest BCUT2D eigenvalue weighted by Gasteiger charge is 2.35. The first-order valence-electron chi connectivity index (χ1n) is 5.89. The molecule has 0 radical (unpaired) electrons. The van der Waals surface area contributed by atoms with E-state index in [1.54, 1.807) is 11.9 Å². The van der Waals surface area contributed by atoms with E-state index in [4.69, 9.17) is 0 Å². The smallest absolute Gasteiger partial charge is 0.328 e. The molecule has 5 nitrogen and oxygen atoms in total. The number of carboxylic acid groups (broad SMARTS) is 1. The molecular weight excluding hydrogens is 312 g/mol. The second-order valence-corrected chi connectivity index (χ2v) is 5.54. The van der Waals surface area contributed by atoms with Gasteiger partial charge in [-0.3, -0.25) is 4.79 Å². The van der Waals surface area contributed by atoms with Gasteiger partial charge in [-0.2, -0.15) is 0 Å². The van der Waals surface area contributed by atoms with E-state index in [1.807, 2.05) is 25.1 Å². The van der Waals surface area contributed by atoms with E-state index in [0.29, 0.717) is 0 Å². The zero-order chi connectivity index (χ0) is 14.2. The van der Waals surface area contributed by atoms with Crippen LogP contribution in [0.5, 0.6) is 0 Å². The Bertz CT molecular complexity index is 533. The van der Waals surface area contributed by atoms with Crippen molar-refractivity contribution in [1.82, 2.24) is 4.90 Å². The Morgan fingerprint density at radius 1 is 1.47 bits per heavy atom. The van der Waals surface area contributed by atoms with E-state index in [2.05, 4.69) is 15.9 Å². The number of aliphatic carboxylic acids is 1.